The molecule has 2 aromatic carbocycles. The third-order valence-corrected chi connectivity index (χ3v) is 4.98. The molecule has 1 heterocycles. The zero-order chi connectivity index (χ0) is 18.9. The Bertz CT molecular complexity index is 774. The van der Waals surface area contributed by atoms with Gasteiger partial charge in [0, 0.05) is 50.1 Å². The number of rotatable bonds is 7. The van der Waals surface area contributed by atoms with Gasteiger partial charge < -0.3 is 4.90 Å². The van der Waals surface area contributed by atoms with E-state index in [4.69, 9.17) is 5.53 Å². The van der Waals surface area contributed by atoms with Gasteiger partial charge in [-0.05, 0) is 23.1 Å². The summed E-state index contributed by atoms with van der Waals surface area (Å²) in [7, 11) is 0. The maximum Gasteiger partial charge on any atom is 0.224 e. The van der Waals surface area contributed by atoms with E-state index >= 15 is 0 Å². The van der Waals surface area contributed by atoms with Crippen LogP contribution in [0.4, 0.5) is 0 Å². The molecular formula is C21H25N5O. The highest BCUT2D eigenvalue weighted by molar-refractivity contribution is 5.77. The molecule has 0 unspecified atom stereocenters. The molecule has 27 heavy (non-hydrogen) atoms. The van der Waals surface area contributed by atoms with E-state index in [2.05, 4.69) is 27.1 Å². The van der Waals surface area contributed by atoms with E-state index in [0.29, 0.717) is 25.9 Å². The molecule has 0 saturated carbocycles. The van der Waals surface area contributed by atoms with Gasteiger partial charge in [-0.1, -0.05) is 65.8 Å². The van der Waals surface area contributed by atoms with Crippen LogP contribution in [0.5, 0.6) is 0 Å². The van der Waals surface area contributed by atoms with Crippen LogP contribution in [0.2, 0.25) is 0 Å². The summed E-state index contributed by atoms with van der Waals surface area (Å²) in [6.07, 6.45) is 1.19. The van der Waals surface area contributed by atoms with Crippen LogP contribution in [0.3, 0.4) is 0 Å². The highest BCUT2D eigenvalue weighted by Gasteiger charge is 2.27. The summed E-state index contributed by atoms with van der Waals surface area (Å²) in [5.74, 6) is 0.139. The first kappa shape index (κ1) is 19.0. The van der Waals surface area contributed by atoms with Crippen molar-refractivity contribution in [2.45, 2.75) is 25.4 Å². The summed E-state index contributed by atoms with van der Waals surface area (Å²) in [6, 6.07) is 20.3. The molecule has 0 radical (unpaired) electrons. The third kappa shape index (κ3) is 5.58. The van der Waals surface area contributed by atoms with Crippen molar-refractivity contribution in [1.82, 2.24) is 9.80 Å². The van der Waals surface area contributed by atoms with Crippen LogP contribution in [0.25, 0.3) is 10.4 Å². The fraction of sp³-hybridized carbons (Fsp3) is 0.381. The zero-order valence-electron chi connectivity index (χ0n) is 15.4. The highest BCUT2D eigenvalue weighted by Crippen LogP contribution is 2.16. The quantitative estimate of drug-likeness (QED) is 0.428. The van der Waals surface area contributed by atoms with Gasteiger partial charge in [-0.25, -0.2) is 0 Å². The van der Waals surface area contributed by atoms with E-state index in [-0.39, 0.29) is 11.9 Å². The fourth-order valence-electron chi connectivity index (χ4n) is 3.56. The molecule has 6 heteroatoms. The van der Waals surface area contributed by atoms with Crippen LogP contribution >= 0.6 is 0 Å². The highest BCUT2D eigenvalue weighted by atomic mass is 16.2. The number of benzene rings is 2. The topological polar surface area (TPSA) is 72.3 Å². The average Bonchev–Trinajstić information content (AvgIpc) is 2.88. The molecule has 0 spiro atoms. The van der Waals surface area contributed by atoms with Gasteiger partial charge in [0.25, 0.3) is 0 Å². The van der Waals surface area contributed by atoms with Crippen molar-refractivity contribution >= 4 is 5.91 Å². The smallest absolute Gasteiger partial charge is 0.224 e. The minimum absolute atomic E-state index is 0.104. The van der Waals surface area contributed by atoms with Gasteiger partial charge in [0.15, 0.2) is 0 Å². The number of nitrogens with zero attached hydrogens (tertiary/aromatic N) is 5. The predicted molar refractivity (Wildman–Crippen MR) is 106 cm³/mol. The molecule has 1 fully saturated rings. The van der Waals surface area contributed by atoms with Crippen LogP contribution in [-0.4, -0.2) is 47.9 Å². The molecule has 2 aromatic rings. The zero-order valence-corrected chi connectivity index (χ0v) is 15.4. The van der Waals surface area contributed by atoms with Crippen molar-refractivity contribution in [3.8, 4) is 0 Å². The van der Waals surface area contributed by atoms with E-state index in [1.165, 1.54) is 5.56 Å². The molecule has 140 valence electrons. The van der Waals surface area contributed by atoms with Crippen molar-refractivity contribution in [2.75, 3.05) is 26.2 Å². The molecule has 0 aliphatic carbocycles. The van der Waals surface area contributed by atoms with Gasteiger partial charge in [-0.15, -0.1) is 0 Å². The van der Waals surface area contributed by atoms with Crippen molar-refractivity contribution < 1.29 is 4.79 Å². The summed E-state index contributed by atoms with van der Waals surface area (Å²) >= 11 is 0. The molecule has 0 N–H and O–H groups in total. The molecule has 0 aromatic heterocycles. The standard InChI is InChI=1S/C21H25N5O/c22-24-23-16-20(15-18-7-3-1-4-8-18)26-14-13-25(12-11-21(26)27)17-19-9-5-2-6-10-19/h1-10,20H,11-17H2/t20-/m0/s1. The number of amides is 1. The molecule has 1 aliphatic heterocycles. The van der Waals surface area contributed by atoms with Crippen molar-refractivity contribution in [3.63, 3.8) is 0 Å². The minimum atomic E-state index is -0.104. The summed E-state index contributed by atoms with van der Waals surface area (Å²) in [4.78, 5) is 19.9. The molecule has 1 amide bonds. The Morgan fingerprint density at radius 2 is 1.63 bits per heavy atom. The van der Waals surface area contributed by atoms with Crippen LogP contribution in [-0.2, 0) is 17.8 Å². The average molecular weight is 363 g/mol. The molecular weight excluding hydrogens is 338 g/mol. The maximum atomic E-state index is 12.8. The van der Waals surface area contributed by atoms with Crippen molar-refractivity contribution in [2.24, 2.45) is 5.11 Å². The lowest BCUT2D eigenvalue weighted by Crippen LogP contribution is -2.44. The second-order valence-electron chi connectivity index (χ2n) is 6.86. The Balaban J connectivity index is 1.68. The van der Waals surface area contributed by atoms with Gasteiger partial charge in [0.1, 0.15) is 0 Å². The van der Waals surface area contributed by atoms with E-state index in [1.54, 1.807) is 0 Å². The molecule has 3 rings (SSSR count). The van der Waals surface area contributed by atoms with Gasteiger partial charge in [0.2, 0.25) is 5.91 Å². The van der Waals surface area contributed by atoms with E-state index < -0.39 is 0 Å². The van der Waals surface area contributed by atoms with Crippen molar-refractivity contribution in [3.05, 3.63) is 82.2 Å². The number of hydrogen-bond acceptors (Lipinski definition) is 3. The predicted octanol–water partition coefficient (Wildman–Crippen LogP) is 3.64. The maximum absolute atomic E-state index is 12.8. The van der Waals surface area contributed by atoms with Crippen molar-refractivity contribution in [1.29, 1.82) is 0 Å². The van der Waals surface area contributed by atoms with Gasteiger partial charge in [-0.2, -0.15) is 0 Å². The molecule has 6 nitrogen and oxygen atoms in total. The Kier molecular flexibility index (Phi) is 6.85. The van der Waals surface area contributed by atoms with Crippen LogP contribution < -0.4 is 0 Å². The monoisotopic (exact) mass is 363 g/mol. The lowest BCUT2D eigenvalue weighted by Gasteiger charge is -2.30. The number of azide groups is 1. The summed E-state index contributed by atoms with van der Waals surface area (Å²) in [6.45, 7) is 3.38. The lowest BCUT2D eigenvalue weighted by atomic mass is 10.0. The van der Waals surface area contributed by atoms with Crippen LogP contribution in [0.15, 0.2) is 65.8 Å². The number of hydrogen-bond donors (Lipinski definition) is 0. The minimum Gasteiger partial charge on any atom is -0.338 e. The van der Waals surface area contributed by atoms with Gasteiger partial charge in [0.05, 0.1) is 0 Å². The Hall–Kier alpha value is -2.82. The Morgan fingerprint density at radius 3 is 2.30 bits per heavy atom. The second-order valence-corrected chi connectivity index (χ2v) is 6.86. The number of carbonyl (C=O) groups excluding carboxylic acids is 1. The SMILES string of the molecule is [N-]=[N+]=NC[C@H](Cc1ccccc1)N1CCN(Cc2ccccc2)CCC1=O. The van der Waals surface area contributed by atoms with E-state index in [9.17, 15) is 4.79 Å². The summed E-state index contributed by atoms with van der Waals surface area (Å²) < 4.78 is 0. The number of carbonyl (C=O) groups is 1. The van der Waals surface area contributed by atoms with Crippen LogP contribution in [0, 0.1) is 0 Å². The first-order valence-corrected chi connectivity index (χ1v) is 9.37. The first-order valence-electron chi connectivity index (χ1n) is 9.37. The summed E-state index contributed by atoms with van der Waals surface area (Å²) in [5.41, 5.74) is 11.2. The normalized spacial score (nSPS) is 16.4. The molecule has 1 atom stereocenters. The Morgan fingerprint density at radius 1 is 0.963 bits per heavy atom. The molecule has 1 aliphatic rings. The van der Waals surface area contributed by atoms with Gasteiger partial charge >= 0.3 is 0 Å². The van der Waals surface area contributed by atoms with Crippen LogP contribution in [0.1, 0.15) is 17.5 Å². The first-order chi connectivity index (χ1) is 13.3. The van der Waals surface area contributed by atoms with E-state index in [0.717, 1.165) is 25.2 Å². The second kappa shape index (κ2) is 9.76. The largest absolute Gasteiger partial charge is 0.338 e. The Labute approximate surface area is 160 Å². The summed E-state index contributed by atoms with van der Waals surface area (Å²) in [5, 5.41) is 3.77. The molecule has 1 saturated heterocycles. The lowest BCUT2D eigenvalue weighted by molar-refractivity contribution is -0.132. The fourth-order valence-corrected chi connectivity index (χ4v) is 3.56. The third-order valence-electron chi connectivity index (χ3n) is 4.98. The van der Waals surface area contributed by atoms with E-state index in [1.807, 2.05) is 53.4 Å². The molecule has 0 bridgehead atoms. The van der Waals surface area contributed by atoms with Gasteiger partial charge in [-0.3, -0.25) is 9.69 Å².